The lowest BCUT2D eigenvalue weighted by Crippen LogP contribution is -2.15. The van der Waals surface area contributed by atoms with Gasteiger partial charge in [0.05, 0.1) is 15.5 Å². The Morgan fingerprint density at radius 2 is 1.38 bits per heavy atom. The average Bonchev–Trinajstić information content (AvgIpc) is 2.54. The van der Waals surface area contributed by atoms with Gasteiger partial charge in [-0.2, -0.15) is 0 Å². The minimum atomic E-state index is -3.57. The fourth-order valence-electron chi connectivity index (χ4n) is 2.05. The molecular formula is C17H19NO4S2. The van der Waals surface area contributed by atoms with E-state index in [0.717, 1.165) is 5.56 Å². The molecule has 0 aliphatic carbocycles. The van der Waals surface area contributed by atoms with Crippen molar-refractivity contribution in [2.24, 2.45) is 4.99 Å². The predicted octanol–water partition coefficient (Wildman–Crippen LogP) is 2.66. The molecule has 0 heterocycles. The molecule has 0 unspecified atom stereocenters. The van der Waals surface area contributed by atoms with Crippen molar-refractivity contribution in [3.63, 3.8) is 0 Å². The Kier molecular flexibility index (Phi) is 5.56. The molecule has 2 rings (SSSR count). The van der Waals surface area contributed by atoms with Gasteiger partial charge in [-0.05, 0) is 38.1 Å². The van der Waals surface area contributed by atoms with Crippen LogP contribution in [0.25, 0.3) is 0 Å². The van der Waals surface area contributed by atoms with Crippen molar-refractivity contribution in [3.8, 4) is 0 Å². The van der Waals surface area contributed by atoms with Crippen molar-refractivity contribution < 1.29 is 16.8 Å². The summed E-state index contributed by atoms with van der Waals surface area (Å²) in [5.74, 6) is -0.771. The number of sulfone groups is 2. The third-order valence-corrected chi connectivity index (χ3v) is 6.63. The van der Waals surface area contributed by atoms with Gasteiger partial charge in [-0.25, -0.2) is 16.8 Å². The van der Waals surface area contributed by atoms with Gasteiger partial charge in [-0.3, -0.25) is 4.99 Å². The second-order valence-corrected chi connectivity index (χ2v) is 9.47. The summed E-state index contributed by atoms with van der Waals surface area (Å²) in [6.45, 7) is 3.39. The van der Waals surface area contributed by atoms with E-state index in [1.165, 1.54) is 31.2 Å². The summed E-state index contributed by atoms with van der Waals surface area (Å²) in [5.41, 5.74) is 1.22. The molecule has 24 heavy (non-hydrogen) atoms. The van der Waals surface area contributed by atoms with Crippen LogP contribution < -0.4 is 0 Å². The summed E-state index contributed by atoms with van der Waals surface area (Å²) < 4.78 is 48.9. The van der Waals surface area contributed by atoms with Crippen LogP contribution in [0.3, 0.4) is 0 Å². The summed E-state index contributed by atoms with van der Waals surface area (Å²) in [5, 5.41) is 0. The van der Waals surface area contributed by atoms with E-state index in [-0.39, 0.29) is 21.3 Å². The minimum absolute atomic E-state index is 0.176. The second kappa shape index (κ2) is 7.27. The van der Waals surface area contributed by atoms with Gasteiger partial charge in [-0.1, -0.05) is 35.9 Å². The Morgan fingerprint density at radius 3 is 1.96 bits per heavy atom. The number of hydrogen-bond donors (Lipinski definition) is 0. The van der Waals surface area contributed by atoms with Crippen LogP contribution in [0.1, 0.15) is 12.5 Å². The van der Waals surface area contributed by atoms with E-state index in [4.69, 9.17) is 0 Å². The fraction of sp³-hybridized carbons (Fsp3) is 0.235. The lowest BCUT2D eigenvalue weighted by molar-refractivity contribution is 0.595. The van der Waals surface area contributed by atoms with Gasteiger partial charge in [0, 0.05) is 5.71 Å². The maximum atomic E-state index is 12.2. The van der Waals surface area contributed by atoms with Gasteiger partial charge >= 0.3 is 0 Å². The van der Waals surface area contributed by atoms with Crippen molar-refractivity contribution in [3.05, 3.63) is 60.2 Å². The number of aryl methyl sites for hydroxylation is 1. The Balaban J connectivity index is 2.13. The van der Waals surface area contributed by atoms with Crippen LogP contribution in [-0.2, 0) is 19.7 Å². The van der Waals surface area contributed by atoms with Gasteiger partial charge in [-0.15, -0.1) is 0 Å². The molecule has 0 atom stereocenters. The number of nitrogens with zero attached hydrogens (tertiary/aromatic N) is 1. The third-order valence-electron chi connectivity index (χ3n) is 3.39. The predicted molar refractivity (Wildman–Crippen MR) is 94.8 cm³/mol. The van der Waals surface area contributed by atoms with Crippen LogP contribution in [0.2, 0.25) is 0 Å². The quantitative estimate of drug-likeness (QED) is 0.737. The summed E-state index contributed by atoms with van der Waals surface area (Å²) in [4.78, 5) is 4.33. The number of hydrogen-bond acceptors (Lipinski definition) is 5. The maximum Gasteiger partial charge on any atom is 0.198 e. The van der Waals surface area contributed by atoms with E-state index in [2.05, 4.69) is 4.99 Å². The van der Waals surface area contributed by atoms with Crippen LogP contribution in [0.15, 0.2) is 69.4 Å². The molecule has 0 radical (unpaired) electrons. The Hall–Kier alpha value is -1.99. The normalized spacial score (nSPS) is 13.0. The summed E-state index contributed by atoms with van der Waals surface area (Å²) in [6, 6.07) is 14.5. The topological polar surface area (TPSA) is 80.6 Å². The molecule has 5 nitrogen and oxygen atoms in total. The van der Waals surface area contributed by atoms with Crippen molar-refractivity contribution in [2.75, 3.05) is 11.6 Å². The van der Waals surface area contributed by atoms with E-state index >= 15 is 0 Å². The third kappa shape index (κ3) is 4.75. The van der Waals surface area contributed by atoms with Gasteiger partial charge in [0.25, 0.3) is 0 Å². The molecule has 0 fully saturated rings. The van der Waals surface area contributed by atoms with Gasteiger partial charge < -0.3 is 0 Å². The van der Waals surface area contributed by atoms with Crippen LogP contribution in [-0.4, -0.2) is 34.2 Å². The number of rotatable bonds is 6. The largest absolute Gasteiger partial charge is 0.277 e. The highest BCUT2D eigenvalue weighted by Crippen LogP contribution is 2.13. The molecule has 0 N–H and O–H groups in total. The average molecular weight is 365 g/mol. The molecule has 2 aromatic carbocycles. The highest BCUT2D eigenvalue weighted by molar-refractivity contribution is 7.92. The molecule has 0 spiro atoms. The lowest BCUT2D eigenvalue weighted by atomic mass is 10.2. The first-order valence-electron chi connectivity index (χ1n) is 7.28. The number of benzene rings is 2. The summed E-state index contributed by atoms with van der Waals surface area (Å²) in [7, 11) is -7.10. The minimum Gasteiger partial charge on any atom is -0.277 e. The first-order chi connectivity index (χ1) is 11.2. The molecule has 128 valence electrons. The number of aliphatic imine (C=N–C) groups is 1. The molecule has 0 saturated heterocycles. The molecule has 0 aromatic heterocycles. The molecular weight excluding hydrogens is 346 g/mol. The van der Waals surface area contributed by atoms with Gasteiger partial charge in [0.1, 0.15) is 5.88 Å². The van der Waals surface area contributed by atoms with Crippen molar-refractivity contribution in [1.82, 2.24) is 0 Å². The second-order valence-electron chi connectivity index (χ2n) is 5.52. The van der Waals surface area contributed by atoms with Crippen molar-refractivity contribution >= 4 is 25.4 Å². The lowest BCUT2D eigenvalue weighted by Gasteiger charge is -2.05. The van der Waals surface area contributed by atoms with Crippen LogP contribution in [0, 0.1) is 6.92 Å². The molecule has 0 saturated carbocycles. The zero-order valence-electron chi connectivity index (χ0n) is 13.5. The molecule has 0 bridgehead atoms. The van der Waals surface area contributed by atoms with E-state index in [0.29, 0.717) is 0 Å². The molecule has 0 aliphatic heterocycles. The summed E-state index contributed by atoms with van der Waals surface area (Å²) >= 11 is 0. The Labute approximate surface area is 142 Å². The van der Waals surface area contributed by atoms with Gasteiger partial charge in [0.2, 0.25) is 0 Å². The zero-order chi connectivity index (χ0) is 17.8. The van der Waals surface area contributed by atoms with Crippen LogP contribution >= 0.6 is 0 Å². The molecule has 0 amide bonds. The molecule has 7 heteroatoms. The van der Waals surface area contributed by atoms with Crippen LogP contribution in [0.5, 0.6) is 0 Å². The maximum absolute atomic E-state index is 12.2. The Morgan fingerprint density at radius 1 is 0.833 bits per heavy atom. The van der Waals surface area contributed by atoms with Crippen LogP contribution in [0.4, 0.5) is 0 Å². The zero-order valence-corrected chi connectivity index (χ0v) is 15.1. The summed E-state index contributed by atoms with van der Waals surface area (Å²) in [6.07, 6.45) is 0. The highest BCUT2D eigenvalue weighted by Gasteiger charge is 2.17. The fourth-order valence-corrected chi connectivity index (χ4v) is 4.52. The molecule has 0 aliphatic rings. The van der Waals surface area contributed by atoms with E-state index in [1.807, 2.05) is 6.92 Å². The first-order valence-corrected chi connectivity index (χ1v) is 10.6. The smallest absolute Gasteiger partial charge is 0.198 e. The standard InChI is InChI=1S/C17H19NO4S2/c1-14-8-10-17(11-9-14)24(21,22)13-18-15(2)12-23(19,20)16-6-4-3-5-7-16/h3-11H,12-13H2,1-2H3. The first kappa shape index (κ1) is 18.4. The highest BCUT2D eigenvalue weighted by atomic mass is 32.2. The SMILES string of the molecule is CC(CS(=O)(=O)c1ccccc1)=NCS(=O)(=O)c1ccc(C)cc1. The van der Waals surface area contributed by atoms with Crippen molar-refractivity contribution in [2.45, 2.75) is 23.6 Å². The van der Waals surface area contributed by atoms with E-state index < -0.39 is 25.6 Å². The van der Waals surface area contributed by atoms with E-state index in [1.54, 1.807) is 30.3 Å². The van der Waals surface area contributed by atoms with Crippen molar-refractivity contribution in [1.29, 1.82) is 0 Å². The van der Waals surface area contributed by atoms with Gasteiger partial charge in [0.15, 0.2) is 19.7 Å². The monoisotopic (exact) mass is 365 g/mol. The van der Waals surface area contributed by atoms with E-state index in [9.17, 15) is 16.8 Å². The Bertz CT molecular complexity index is 930. The molecule has 2 aromatic rings.